The van der Waals surface area contributed by atoms with Gasteiger partial charge in [0.05, 0.1) is 5.92 Å². The predicted molar refractivity (Wildman–Crippen MR) is 82.9 cm³/mol. The summed E-state index contributed by atoms with van der Waals surface area (Å²) in [6.07, 6.45) is 4.95. The van der Waals surface area contributed by atoms with Crippen molar-refractivity contribution in [1.29, 1.82) is 0 Å². The zero-order valence-electron chi connectivity index (χ0n) is 12.8. The minimum atomic E-state index is -0.611. The maximum Gasteiger partial charge on any atom is 0.308 e. The highest BCUT2D eigenvalue weighted by atomic mass is 16.4. The molecule has 0 amide bonds. The number of nitrogens with zero attached hydrogens (tertiary/aromatic N) is 1. The van der Waals surface area contributed by atoms with Crippen LogP contribution in [-0.4, -0.2) is 29.1 Å². The fraction of sp³-hybridized carbons (Fsp3) is 0.611. The lowest BCUT2D eigenvalue weighted by molar-refractivity contribution is -0.145. The van der Waals surface area contributed by atoms with Crippen molar-refractivity contribution in [2.45, 2.75) is 39.2 Å². The molecular formula is C18H25NO2. The second-order valence-electron chi connectivity index (χ2n) is 7.03. The Morgan fingerprint density at radius 3 is 2.57 bits per heavy atom. The Balaban J connectivity index is 1.76. The molecule has 1 saturated carbocycles. The highest BCUT2D eigenvalue weighted by Crippen LogP contribution is 2.49. The lowest BCUT2D eigenvalue weighted by atomic mass is 9.69. The first-order valence-corrected chi connectivity index (χ1v) is 8.08. The first kappa shape index (κ1) is 14.6. The van der Waals surface area contributed by atoms with Crippen LogP contribution in [0.1, 0.15) is 38.2 Å². The normalized spacial score (nSPS) is 30.8. The molecule has 0 aromatic heterocycles. The standard InChI is InChI=1S/C18H25NO2/c1-18(15-9-5-6-10-15)13-19(12-16(18)17(20)21)11-14-7-3-2-4-8-14/h2-4,7-8,15-16H,5-6,9-13H2,1H3,(H,20,21). The maximum absolute atomic E-state index is 11.7. The minimum absolute atomic E-state index is 0.0584. The van der Waals surface area contributed by atoms with Crippen LogP contribution in [0.2, 0.25) is 0 Å². The average Bonchev–Trinajstić information content (AvgIpc) is 3.09. The van der Waals surface area contributed by atoms with E-state index in [9.17, 15) is 9.90 Å². The zero-order chi connectivity index (χ0) is 14.9. The van der Waals surface area contributed by atoms with E-state index in [1.807, 2.05) is 6.07 Å². The second-order valence-corrected chi connectivity index (χ2v) is 7.03. The number of aliphatic carboxylic acids is 1. The number of carboxylic acids is 1. The number of likely N-dealkylation sites (tertiary alicyclic amines) is 1. The topological polar surface area (TPSA) is 40.5 Å². The summed E-state index contributed by atoms with van der Waals surface area (Å²) in [5, 5.41) is 9.67. The van der Waals surface area contributed by atoms with Crippen molar-refractivity contribution in [3.63, 3.8) is 0 Å². The minimum Gasteiger partial charge on any atom is -0.481 e. The molecule has 1 saturated heterocycles. The van der Waals surface area contributed by atoms with Gasteiger partial charge in [0.25, 0.3) is 0 Å². The quantitative estimate of drug-likeness (QED) is 0.922. The molecule has 2 unspecified atom stereocenters. The monoisotopic (exact) mass is 287 g/mol. The first-order valence-electron chi connectivity index (χ1n) is 8.08. The van der Waals surface area contributed by atoms with Gasteiger partial charge in [0.2, 0.25) is 0 Å². The molecule has 1 aromatic rings. The van der Waals surface area contributed by atoms with Crippen LogP contribution in [0.5, 0.6) is 0 Å². The van der Waals surface area contributed by atoms with Crippen molar-refractivity contribution in [2.75, 3.05) is 13.1 Å². The summed E-state index contributed by atoms with van der Waals surface area (Å²) in [5.41, 5.74) is 1.22. The van der Waals surface area contributed by atoms with Gasteiger partial charge in [0.1, 0.15) is 0 Å². The van der Waals surface area contributed by atoms with E-state index in [1.165, 1.54) is 31.2 Å². The number of carbonyl (C=O) groups is 1. The third-order valence-electron chi connectivity index (χ3n) is 5.64. The molecule has 1 aliphatic heterocycles. The van der Waals surface area contributed by atoms with Crippen LogP contribution in [0.15, 0.2) is 30.3 Å². The van der Waals surface area contributed by atoms with Gasteiger partial charge in [-0.25, -0.2) is 0 Å². The molecule has 0 radical (unpaired) electrons. The molecule has 1 aliphatic carbocycles. The molecule has 3 heteroatoms. The Morgan fingerprint density at radius 1 is 1.29 bits per heavy atom. The average molecular weight is 287 g/mol. The number of hydrogen-bond acceptors (Lipinski definition) is 2. The molecular weight excluding hydrogens is 262 g/mol. The lowest BCUT2D eigenvalue weighted by Crippen LogP contribution is -2.38. The Labute approximate surface area is 127 Å². The van der Waals surface area contributed by atoms with Crippen LogP contribution >= 0.6 is 0 Å². The van der Waals surface area contributed by atoms with E-state index in [4.69, 9.17) is 0 Å². The molecule has 1 heterocycles. The summed E-state index contributed by atoms with van der Waals surface area (Å²) < 4.78 is 0. The molecule has 0 bridgehead atoms. The summed E-state index contributed by atoms with van der Waals surface area (Å²) in [6, 6.07) is 10.4. The largest absolute Gasteiger partial charge is 0.481 e. The van der Waals surface area contributed by atoms with Crippen LogP contribution in [0.4, 0.5) is 0 Å². The predicted octanol–water partition coefficient (Wildman–Crippen LogP) is 3.40. The van der Waals surface area contributed by atoms with Gasteiger partial charge in [-0.3, -0.25) is 9.69 Å². The SMILES string of the molecule is CC1(C2CCCC2)CN(Cc2ccccc2)CC1C(=O)O. The smallest absolute Gasteiger partial charge is 0.308 e. The lowest BCUT2D eigenvalue weighted by Gasteiger charge is -2.35. The van der Waals surface area contributed by atoms with Crippen LogP contribution in [-0.2, 0) is 11.3 Å². The van der Waals surface area contributed by atoms with E-state index >= 15 is 0 Å². The molecule has 1 N–H and O–H groups in total. The number of benzene rings is 1. The van der Waals surface area contributed by atoms with Gasteiger partial charge in [-0.05, 0) is 29.7 Å². The molecule has 0 spiro atoms. The van der Waals surface area contributed by atoms with Crippen molar-refractivity contribution in [1.82, 2.24) is 4.90 Å². The Kier molecular flexibility index (Phi) is 4.03. The third-order valence-corrected chi connectivity index (χ3v) is 5.64. The van der Waals surface area contributed by atoms with E-state index in [-0.39, 0.29) is 11.3 Å². The second kappa shape index (κ2) is 5.80. The van der Waals surface area contributed by atoms with Gasteiger partial charge in [-0.15, -0.1) is 0 Å². The van der Waals surface area contributed by atoms with E-state index in [0.29, 0.717) is 12.5 Å². The van der Waals surface area contributed by atoms with Gasteiger partial charge in [-0.2, -0.15) is 0 Å². The van der Waals surface area contributed by atoms with Gasteiger partial charge in [0.15, 0.2) is 0 Å². The summed E-state index contributed by atoms with van der Waals surface area (Å²) >= 11 is 0. The molecule has 2 atom stereocenters. The first-order chi connectivity index (χ1) is 10.1. The molecule has 21 heavy (non-hydrogen) atoms. The summed E-state index contributed by atoms with van der Waals surface area (Å²) in [7, 11) is 0. The molecule has 3 rings (SSSR count). The van der Waals surface area contributed by atoms with Crippen LogP contribution < -0.4 is 0 Å². The summed E-state index contributed by atoms with van der Waals surface area (Å²) in [6.45, 7) is 4.69. The summed E-state index contributed by atoms with van der Waals surface area (Å²) in [5.74, 6) is -0.247. The maximum atomic E-state index is 11.7. The van der Waals surface area contributed by atoms with Gasteiger partial charge in [-0.1, -0.05) is 50.1 Å². The highest BCUT2D eigenvalue weighted by Gasteiger charge is 2.51. The van der Waals surface area contributed by atoms with E-state index < -0.39 is 5.97 Å². The van der Waals surface area contributed by atoms with Gasteiger partial charge >= 0.3 is 5.97 Å². The molecule has 1 aromatic carbocycles. The van der Waals surface area contributed by atoms with Crippen molar-refractivity contribution in [3.05, 3.63) is 35.9 Å². The van der Waals surface area contributed by atoms with Crippen LogP contribution in [0.3, 0.4) is 0 Å². The van der Waals surface area contributed by atoms with Crippen molar-refractivity contribution < 1.29 is 9.90 Å². The number of hydrogen-bond donors (Lipinski definition) is 1. The number of carboxylic acid groups (broad SMARTS) is 1. The van der Waals surface area contributed by atoms with Crippen molar-refractivity contribution in [3.8, 4) is 0 Å². The zero-order valence-corrected chi connectivity index (χ0v) is 12.8. The van der Waals surface area contributed by atoms with E-state index in [2.05, 4.69) is 36.1 Å². The van der Waals surface area contributed by atoms with Gasteiger partial charge < -0.3 is 5.11 Å². The fourth-order valence-electron chi connectivity index (χ4n) is 4.44. The molecule has 2 fully saturated rings. The molecule has 2 aliphatic rings. The Hall–Kier alpha value is -1.35. The highest BCUT2D eigenvalue weighted by molar-refractivity contribution is 5.72. The fourth-order valence-corrected chi connectivity index (χ4v) is 4.44. The third kappa shape index (κ3) is 2.84. The number of rotatable bonds is 4. The molecule has 114 valence electrons. The Morgan fingerprint density at radius 2 is 1.95 bits per heavy atom. The van der Waals surface area contributed by atoms with Crippen molar-refractivity contribution in [2.24, 2.45) is 17.3 Å². The van der Waals surface area contributed by atoms with E-state index in [1.54, 1.807) is 0 Å². The van der Waals surface area contributed by atoms with E-state index in [0.717, 1.165) is 13.1 Å². The molecule has 3 nitrogen and oxygen atoms in total. The van der Waals surface area contributed by atoms with Crippen molar-refractivity contribution >= 4 is 5.97 Å². The summed E-state index contributed by atoms with van der Waals surface area (Å²) in [4.78, 5) is 14.1. The van der Waals surface area contributed by atoms with Crippen LogP contribution in [0.25, 0.3) is 0 Å². The van der Waals surface area contributed by atoms with Gasteiger partial charge in [0, 0.05) is 19.6 Å². The Bertz CT molecular complexity index is 495. The van der Waals surface area contributed by atoms with Crippen LogP contribution in [0, 0.1) is 17.3 Å².